The van der Waals surface area contributed by atoms with Crippen molar-refractivity contribution in [3.05, 3.63) is 30.1 Å². The molecule has 1 aromatic heterocycles. The highest BCUT2D eigenvalue weighted by Gasteiger charge is 2.30. The third-order valence-electron chi connectivity index (χ3n) is 5.28. The molecule has 1 aromatic carbocycles. The fourth-order valence-electron chi connectivity index (χ4n) is 3.84. The van der Waals surface area contributed by atoms with E-state index in [0.29, 0.717) is 24.4 Å². The second-order valence-electron chi connectivity index (χ2n) is 6.83. The molecule has 1 atom stereocenters. The van der Waals surface area contributed by atoms with Crippen LogP contribution in [0.25, 0.3) is 11.0 Å². The third-order valence-corrected chi connectivity index (χ3v) is 5.28. The summed E-state index contributed by atoms with van der Waals surface area (Å²) in [4.78, 5) is 7.45. The van der Waals surface area contributed by atoms with Crippen LogP contribution in [0.1, 0.15) is 38.4 Å². The zero-order valence-corrected chi connectivity index (χ0v) is 14.0. The monoisotopic (exact) mass is 300 g/mol. The maximum Gasteiger partial charge on any atom is 0.114 e. The number of rotatable bonds is 4. The average Bonchev–Trinajstić information content (AvgIpc) is 2.86. The largest absolute Gasteiger partial charge is 0.331 e. The summed E-state index contributed by atoms with van der Waals surface area (Å²) in [6, 6.07) is 9.01. The maximum atomic E-state index is 6.15. The Morgan fingerprint density at radius 3 is 2.50 bits per heavy atom. The van der Waals surface area contributed by atoms with Gasteiger partial charge in [0.2, 0.25) is 0 Å². The number of aromatic nitrogens is 2. The Bertz CT molecular complexity index is 623. The number of hydrogen-bond acceptors (Lipinski definition) is 3. The molecular formula is C18H28N4. The van der Waals surface area contributed by atoms with Crippen LogP contribution in [0, 0.1) is 5.92 Å². The second kappa shape index (κ2) is 6.39. The fraction of sp³-hybridized carbons (Fsp3) is 0.611. The molecule has 2 N–H and O–H groups in total. The predicted octanol–water partition coefficient (Wildman–Crippen LogP) is 2.74. The number of imidazole rings is 1. The van der Waals surface area contributed by atoms with Gasteiger partial charge in [-0.2, -0.15) is 0 Å². The number of aryl methyl sites for hydroxylation is 1. The Kier molecular flexibility index (Phi) is 4.50. The van der Waals surface area contributed by atoms with E-state index in [-0.39, 0.29) is 0 Å². The molecule has 1 unspecified atom stereocenters. The van der Waals surface area contributed by atoms with Crippen molar-refractivity contribution in [2.24, 2.45) is 18.7 Å². The molecule has 0 spiro atoms. The standard InChI is InChI=1S/C18H28N4/c1-13(2)22-10-8-14(9-11-22)15(12-19)18-20-16-6-4-5-7-17(16)21(18)3/h4-7,13-15H,8-12,19H2,1-3H3. The number of likely N-dealkylation sites (tertiary alicyclic amines) is 1. The molecule has 1 aliphatic heterocycles. The summed E-state index contributed by atoms with van der Waals surface area (Å²) in [7, 11) is 2.12. The summed E-state index contributed by atoms with van der Waals surface area (Å²) >= 11 is 0. The van der Waals surface area contributed by atoms with Crippen LogP contribution in [-0.2, 0) is 7.05 Å². The maximum absolute atomic E-state index is 6.15. The first-order chi connectivity index (χ1) is 10.6. The number of para-hydroxylation sites is 2. The molecule has 1 aliphatic rings. The zero-order chi connectivity index (χ0) is 15.7. The predicted molar refractivity (Wildman–Crippen MR) is 91.9 cm³/mol. The summed E-state index contributed by atoms with van der Waals surface area (Å²) in [6.07, 6.45) is 2.45. The van der Waals surface area contributed by atoms with Crippen LogP contribution >= 0.6 is 0 Å². The van der Waals surface area contributed by atoms with Gasteiger partial charge in [0.25, 0.3) is 0 Å². The lowest BCUT2D eigenvalue weighted by Crippen LogP contribution is -2.41. The number of fused-ring (bicyclic) bond motifs is 1. The molecule has 3 rings (SSSR count). The Morgan fingerprint density at radius 2 is 1.91 bits per heavy atom. The van der Waals surface area contributed by atoms with Gasteiger partial charge < -0.3 is 15.2 Å². The van der Waals surface area contributed by atoms with E-state index in [2.05, 4.69) is 54.6 Å². The van der Waals surface area contributed by atoms with Crippen LogP contribution in [0.3, 0.4) is 0 Å². The van der Waals surface area contributed by atoms with Gasteiger partial charge in [-0.15, -0.1) is 0 Å². The van der Waals surface area contributed by atoms with E-state index < -0.39 is 0 Å². The molecular weight excluding hydrogens is 272 g/mol. The first-order valence-corrected chi connectivity index (χ1v) is 8.47. The van der Waals surface area contributed by atoms with Gasteiger partial charge in [-0.25, -0.2) is 4.98 Å². The highest BCUT2D eigenvalue weighted by Crippen LogP contribution is 2.33. The molecule has 0 radical (unpaired) electrons. The smallest absolute Gasteiger partial charge is 0.114 e. The molecule has 0 aliphatic carbocycles. The van der Waals surface area contributed by atoms with Crippen molar-refractivity contribution < 1.29 is 0 Å². The molecule has 0 amide bonds. The third kappa shape index (κ3) is 2.77. The molecule has 120 valence electrons. The van der Waals surface area contributed by atoms with Gasteiger partial charge >= 0.3 is 0 Å². The van der Waals surface area contributed by atoms with E-state index >= 15 is 0 Å². The van der Waals surface area contributed by atoms with E-state index in [9.17, 15) is 0 Å². The van der Waals surface area contributed by atoms with Crippen LogP contribution in [0.5, 0.6) is 0 Å². The number of nitrogens with zero attached hydrogens (tertiary/aromatic N) is 3. The number of hydrogen-bond donors (Lipinski definition) is 1. The topological polar surface area (TPSA) is 47.1 Å². The summed E-state index contributed by atoms with van der Waals surface area (Å²) in [5.41, 5.74) is 8.44. The van der Waals surface area contributed by atoms with Gasteiger partial charge in [0, 0.05) is 25.6 Å². The van der Waals surface area contributed by atoms with Gasteiger partial charge in [0.05, 0.1) is 11.0 Å². The average molecular weight is 300 g/mol. The summed E-state index contributed by atoms with van der Waals surface area (Å²) in [6.45, 7) is 7.62. The lowest BCUT2D eigenvalue weighted by atomic mass is 9.83. The van der Waals surface area contributed by atoms with E-state index in [0.717, 1.165) is 11.3 Å². The first-order valence-electron chi connectivity index (χ1n) is 8.47. The lowest BCUT2D eigenvalue weighted by molar-refractivity contribution is 0.136. The molecule has 1 saturated heterocycles. The van der Waals surface area contributed by atoms with E-state index in [4.69, 9.17) is 10.7 Å². The van der Waals surface area contributed by atoms with Gasteiger partial charge in [-0.3, -0.25) is 0 Å². The molecule has 4 nitrogen and oxygen atoms in total. The van der Waals surface area contributed by atoms with Gasteiger partial charge in [0.1, 0.15) is 5.82 Å². The van der Waals surface area contributed by atoms with Crippen molar-refractivity contribution in [3.8, 4) is 0 Å². The Morgan fingerprint density at radius 1 is 1.23 bits per heavy atom. The van der Waals surface area contributed by atoms with Crippen LogP contribution in [-0.4, -0.2) is 40.1 Å². The number of benzene rings is 1. The molecule has 0 saturated carbocycles. The first kappa shape index (κ1) is 15.5. The van der Waals surface area contributed by atoms with Crippen LogP contribution in [0.15, 0.2) is 24.3 Å². The summed E-state index contributed by atoms with van der Waals surface area (Å²) < 4.78 is 2.24. The minimum absolute atomic E-state index is 0.367. The molecule has 2 heterocycles. The number of nitrogens with two attached hydrogens (primary N) is 1. The Hall–Kier alpha value is -1.39. The van der Waals surface area contributed by atoms with E-state index in [1.54, 1.807) is 0 Å². The zero-order valence-electron chi connectivity index (χ0n) is 14.0. The number of piperidine rings is 1. The van der Waals surface area contributed by atoms with Crippen LogP contribution < -0.4 is 5.73 Å². The fourth-order valence-corrected chi connectivity index (χ4v) is 3.84. The highest BCUT2D eigenvalue weighted by atomic mass is 15.2. The van der Waals surface area contributed by atoms with Crippen LogP contribution in [0.4, 0.5) is 0 Å². The quantitative estimate of drug-likeness (QED) is 0.944. The molecule has 1 fully saturated rings. The van der Waals surface area contributed by atoms with Crippen LogP contribution in [0.2, 0.25) is 0 Å². The van der Waals surface area contributed by atoms with Crippen molar-refractivity contribution in [2.45, 2.75) is 38.6 Å². The molecule has 0 bridgehead atoms. The summed E-state index contributed by atoms with van der Waals surface area (Å²) in [5, 5.41) is 0. The Labute approximate surface area is 133 Å². The van der Waals surface area contributed by atoms with Crippen molar-refractivity contribution in [3.63, 3.8) is 0 Å². The van der Waals surface area contributed by atoms with E-state index in [1.165, 1.54) is 31.4 Å². The molecule has 22 heavy (non-hydrogen) atoms. The van der Waals surface area contributed by atoms with Gasteiger partial charge in [-0.05, 0) is 57.8 Å². The van der Waals surface area contributed by atoms with Gasteiger partial charge in [-0.1, -0.05) is 12.1 Å². The van der Waals surface area contributed by atoms with Crippen molar-refractivity contribution >= 4 is 11.0 Å². The van der Waals surface area contributed by atoms with Crippen molar-refractivity contribution in [1.29, 1.82) is 0 Å². The highest BCUT2D eigenvalue weighted by molar-refractivity contribution is 5.75. The minimum atomic E-state index is 0.367. The van der Waals surface area contributed by atoms with Gasteiger partial charge in [0.15, 0.2) is 0 Å². The van der Waals surface area contributed by atoms with Crippen molar-refractivity contribution in [2.75, 3.05) is 19.6 Å². The summed E-state index contributed by atoms with van der Waals surface area (Å²) in [5.74, 6) is 2.17. The van der Waals surface area contributed by atoms with Crippen molar-refractivity contribution in [1.82, 2.24) is 14.5 Å². The second-order valence-corrected chi connectivity index (χ2v) is 6.83. The minimum Gasteiger partial charge on any atom is -0.331 e. The SMILES string of the molecule is CC(C)N1CCC(C(CN)c2nc3ccccc3n2C)CC1. The van der Waals surface area contributed by atoms with E-state index in [1.807, 2.05) is 0 Å². The Balaban J connectivity index is 1.83. The normalized spacial score (nSPS) is 19.1. The lowest BCUT2D eigenvalue weighted by Gasteiger charge is -2.37. The molecule has 2 aromatic rings. The molecule has 4 heteroatoms.